The fraction of sp³-hybridized carbons (Fsp3) is 0.143. The Morgan fingerprint density at radius 2 is 1.68 bits per heavy atom. The van der Waals surface area contributed by atoms with Gasteiger partial charge < -0.3 is 5.32 Å². The van der Waals surface area contributed by atoms with E-state index < -0.39 is 23.5 Å². The first-order valence-corrected chi connectivity index (χ1v) is 5.98. The van der Waals surface area contributed by atoms with Gasteiger partial charge in [0, 0.05) is 22.7 Å². The number of halogens is 4. The van der Waals surface area contributed by atoms with Crippen LogP contribution in [0.4, 0.5) is 13.2 Å². The summed E-state index contributed by atoms with van der Waals surface area (Å²) in [4.78, 5) is 0. The number of hydrogen-bond acceptors (Lipinski definition) is 1. The quantitative estimate of drug-likeness (QED) is 0.896. The molecule has 19 heavy (non-hydrogen) atoms. The topological polar surface area (TPSA) is 12.0 Å². The first kappa shape index (κ1) is 13.9. The van der Waals surface area contributed by atoms with Gasteiger partial charge in [-0.3, -0.25) is 0 Å². The maximum atomic E-state index is 13.8. The lowest BCUT2D eigenvalue weighted by atomic mass is 9.98. The Kier molecular flexibility index (Phi) is 4.12. The van der Waals surface area contributed by atoms with Gasteiger partial charge in [0.25, 0.3) is 0 Å². The van der Waals surface area contributed by atoms with E-state index in [0.29, 0.717) is 22.7 Å². The molecule has 0 aliphatic heterocycles. The monoisotopic (exact) mass is 285 g/mol. The van der Waals surface area contributed by atoms with Crippen molar-refractivity contribution in [3.63, 3.8) is 0 Å². The largest absolute Gasteiger partial charge is 0.309 e. The fourth-order valence-corrected chi connectivity index (χ4v) is 2.19. The van der Waals surface area contributed by atoms with Gasteiger partial charge >= 0.3 is 0 Å². The molecule has 0 aromatic heterocycles. The van der Waals surface area contributed by atoms with E-state index in [1.54, 1.807) is 31.3 Å². The predicted octanol–water partition coefficient (Wildman–Crippen LogP) is 4.07. The molecule has 2 aromatic rings. The normalized spacial score (nSPS) is 12.5. The SMILES string of the molecule is CNC(c1cccc(Cl)c1)c1c(F)cc(F)cc1F. The van der Waals surface area contributed by atoms with Gasteiger partial charge in [0.1, 0.15) is 17.5 Å². The number of benzene rings is 2. The maximum Gasteiger partial charge on any atom is 0.134 e. The molecule has 1 atom stereocenters. The van der Waals surface area contributed by atoms with Gasteiger partial charge in [-0.2, -0.15) is 0 Å². The molecule has 0 aliphatic carbocycles. The van der Waals surface area contributed by atoms with Gasteiger partial charge in [-0.25, -0.2) is 13.2 Å². The minimum absolute atomic E-state index is 0.230. The van der Waals surface area contributed by atoms with E-state index >= 15 is 0 Å². The Labute approximate surface area is 114 Å². The van der Waals surface area contributed by atoms with Crippen LogP contribution >= 0.6 is 11.6 Å². The van der Waals surface area contributed by atoms with Crippen molar-refractivity contribution in [2.75, 3.05) is 7.05 Å². The standard InChI is InChI=1S/C14H11ClF3N/c1-19-14(8-3-2-4-9(15)5-8)13-11(17)6-10(16)7-12(13)18/h2-7,14,19H,1H3. The fourth-order valence-electron chi connectivity index (χ4n) is 1.99. The van der Waals surface area contributed by atoms with Gasteiger partial charge in [0.15, 0.2) is 0 Å². The van der Waals surface area contributed by atoms with Gasteiger partial charge in [-0.1, -0.05) is 23.7 Å². The minimum Gasteiger partial charge on any atom is -0.309 e. The zero-order valence-corrected chi connectivity index (χ0v) is 10.8. The molecule has 0 spiro atoms. The van der Waals surface area contributed by atoms with Crippen molar-refractivity contribution in [2.45, 2.75) is 6.04 Å². The van der Waals surface area contributed by atoms with Crippen molar-refractivity contribution in [3.05, 3.63) is 70.0 Å². The highest BCUT2D eigenvalue weighted by atomic mass is 35.5. The van der Waals surface area contributed by atoms with Crippen molar-refractivity contribution < 1.29 is 13.2 Å². The van der Waals surface area contributed by atoms with Gasteiger partial charge in [-0.05, 0) is 24.7 Å². The Bertz CT molecular complexity index is 578. The first-order valence-electron chi connectivity index (χ1n) is 5.60. The van der Waals surface area contributed by atoms with Crippen molar-refractivity contribution in [2.24, 2.45) is 0 Å². The summed E-state index contributed by atoms with van der Waals surface area (Å²) in [5.41, 5.74) is 0.366. The van der Waals surface area contributed by atoms with Crippen molar-refractivity contribution in [1.82, 2.24) is 5.32 Å². The molecule has 0 heterocycles. The molecule has 0 saturated heterocycles. The van der Waals surface area contributed by atoms with Crippen LogP contribution in [0.3, 0.4) is 0 Å². The maximum absolute atomic E-state index is 13.8. The lowest BCUT2D eigenvalue weighted by Gasteiger charge is -2.19. The second-order valence-corrected chi connectivity index (χ2v) is 4.50. The van der Waals surface area contributed by atoms with E-state index in [-0.39, 0.29) is 5.56 Å². The number of hydrogen-bond donors (Lipinski definition) is 1. The van der Waals surface area contributed by atoms with E-state index in [0.717, 1.165) is 0 Å². The lowest BCUT2D eigenvalue weighted by molar-refractivity contribution is 0.500. The molecule has 1 unspecified atom stereocenters. The van der Waals surface area contributed by atoms with Crippen LogP contribution in [0.25, 0.3) is 0 Å². The highest BCUT2D eigenvalue weighted by Gasteiger charge is 2.21. The molecule has 2 rings (SSSR count). The molecule has 2 aromatic carbocycles. The Hall–Kier alpha value is -1.52. The molecule has 1 N–H and O–H groups in total. The van der Waals surface area contributed by atoms with Crippen LogP contribution in [0.1, 0.15) is 17.2 Å². The zero-order valence-electron chi connectivity index (χ0n) is 10.1. The minimum atomic E-state index is -0.945. The van der Waals surface area contributed by atoms with Crippen molar-refractivity contribution in [3.8, 4) is 0 Å². The first-order chi connectivity index (χ1) is 9.02. The van der Waals surface area contributed by atoms with Crippen LogP contribution in [0.2, 0.25) is 5.02 Å². The molecule has 0 radical (unpaired) electrons. The third-order valence-electron chi connectivity index (χ3n) is 2.80. The Morgan fingerprint density at radius 1 is 1.05 bits per heavy atom. The smallest absolute Gasteiger partial charge is 0.134 e. The summed E-state index contributed by atoms with van der Waals surface area (Å²) in [7, 11) is 1.56. The molecule has 5 heteroatoms. The Balaban J connectivity index is 2.54. The average Bonchev–Trinajstić information content (AvgIpc) is 2.33. The zero-order chi connectivity index (χ0) is 14.0. The van der Waals surface area contributed by atoms with E-state index in [2.05, 4.69) is 5.32 Å². The summed E-state index contributed by atoms with van der Waals surface area (Å²) < 4.78 is 40.5. The van der Waals surface area contributed by atoms with E-state index in [1.165, 1.54) is 0 Å². The van der Waals surface area contributed by atoms with E-state index in [4.69, 9.17) is 11.6 Å². The van der Waals surface area contributed by atoms with Crippen LogP contribution < -0.4 is 5.32 Å². The van der Waals surface area contributed by atoms with Crippen LogP contribution in [0.5, 0.6) is 0 Å². The average molecular weight is 286 g/mol. The summed E-state index contributed by atoms with van der Waals surface area (Å²) >= 11 is 5.86. The van der Waals surface area contributed by atoms with Gasteiger partial charge in [-0.15, -0.1) is 0 Å². The molecule has 0 bridgehead atoms. The van der Waals surface area contributed by atoms with Gasteiger partial charge in [0.2, 0.25) is 0 Å². The molecule has 100 valence electrons. The van der Waals surface area contributed by atoms with E-state index in [9.17, 15) is 13.2 Å². The lowest BCUT2D eigenvalue weighted by Crippen LogP contribution is -2.20. The Morgan fingerprint density at radius 3 is 2.21 bits per heavy atom. The van der Waals surface area contributed by atoms with Crippen LogP contribution in [-0.2, 0) is 0 Å². The molecule has 0 fully saturated rings. The second-order valence-electron chi connectivity index (χ2n) is 4.06. The number of nitrogens with one attached hydrogen (secondary N) is 1. The summed E-state index contributed by atoms with van der Waals surface area (Å²) in [5.74, 6) is -2.81. The van der Waals surface area contributed by atoms with Crippen molar-refractivity contribution in [1.29, 1.82) is 0 Å². The summed E-state index contributed by atoms with van der Waals surface area (Å²) in [6, 6.07) is 7.22. The molecule has 0 aliphatic rings. The van der Waals surface area contributed by atoms with Crippen LogP contribution in [0, 0.1) is 17.5 Å². The molecular weight excluding hydrogens is 275 g/mol. The molecule has 0 amide bonds. The second kappa shape index (κ2) is 5.63. The van der Waals surface area contributed by atoms with Crippen LogP contribution in [0.15, 0.2) is 36.4 Å². The third-order valence-corrected chi connectivity index (χ3v) is 3.04. The third kappa shape index (κ3) is 2.91. The number of rotatable bonds is 3. The summed E-state index contributed by atoms with van der Waals surface area (Å²) in [6.07, 6.45) is 0. The molecule has 0 saturated carbocycles. The summed E-state index contributed by atoms with van der Waals surface area (Å²) in [5, 5.41) is 3.26. The van der Waals surface area contributed by atoms with Gasteiger partial charge in [0.05, 0.1) is 6.04 Å². The summed E-state index contributed by atoms with van der Waals surface area (Å²) in [6.45, 7) is 0. The van der Waals surface area contributed by atoms with Crippen LogP contribution in [-0.4, -0.2) is 7.05 Å². The highest BCUT2D eigenvalue weighted by molar-refractivity contribution is 6.30. The predicted molar refractivity (Wildman–Crippen MR) is 68.7 cm³/mol. The highest BCUT2D eigenvalue weighted by Crippen LogP contribution is 2.28. The molecule has 1 nitrogen and oxygen atoms in total. The van der Waals surface area contributed by atoms with E-state index in [1.807, 2.05) is 0 Å². The van der Waals surface area contributed by atoms with Crippen molar-refractivity contribution >= 4 is 11.6 Å². The molecular formula is C14H11ClF3N.